The maximum Gasteiger partial charge on any atom is 0.223 e. The standard InChI is InChI=1S/C16H26N2OS/c1-10(2)16(15(4,5)6)8-7-12-13(9-16)20-14(18-12)17-11(3)19/h10H,7-9H2,1-6H3,(H,17,18,19). The first-order valence-electron chi connectivity index (χ1n) is 7.42. The summed E-state index contributed by atoms with van der Waals surface area (Å²) < 4.78 is 0. The van der Waals surface area contributed by atoms with Crippen LogP contribution in [0.3, 0.4) is 0 Å². The average Bonchev–Trinajstić information content (AvgIpc) is 2.66. The SMILES string of the molecule is CC(=O)Nc1nc2c(s1)CC(C(C)C)(C(C)(C)C)CC2. The second kappa shape index (κ2) is 5.14. The summed E-state index contributed by atoms with van der Waals surface area (Å²) in [6, 6.07) is 0. The lowest BCUT2D eigenvalue weighted by atomic mass is 9.55. The van der Waals surface area contributed by atoms with E-state index in [0.717, 1.165) is 18.0 Å². The van der Waals surface area contributed by atoms with Crippen molar-refractivity contribution in [1.82, 2.24) is 4.98 Å². The molecule has 0 aromatic carbocycles. The molecule has 1 aromatic rings. The largest absolute Gasteiger partial charge is 0.302 e. The lowest BCUT2D eigenvalue weighted by Crippen LogP contribution is -2.44. The van der Waals surface area contributed by atoms with Crippen LogP contribution in [0.1, 0.15) is 58.5 Å². The van der Waals surface area contributed by atoms with Crippen molar-refractivity contribution >= 4 is 22.4 Å². The van der Waals surface area contributed by atoms with Crippen LogP contribution in [0.15, 0.2) is 0 Å². The summed E-state index contributed by atoms with van der Waals surface area (Å²) >= 11 is 1.66. The fourth-order valence-electron chi connectivity index (χ4n) is 3.64. The number of nitrogens with one attached hydrogen (secondary N) is 1. The van der Waals surface area contributed by atoms with Crippen molar-refractivity contribution in [3.8, 4) is 0 Å². The molecule has 20 heavy (non-hydrogen) atoms. The van der Waals surface area contributed by atoms with Gasteiger partial charge in [-0.1, -0.05) is 34.6 Å². The third kappa shape index (κ3) is 2.62. The molecule has 0 saturated heterocycles. The molecule has 112 valence electrons. The molecule has 1 atom stereocenters. The Hall–Kier alpha value is -0.900. The highest BCUT2D eigenvalue weighted by atomic mass is 32.1. The van der Waals surface area contributed by atoms with Gasteiger partial charge in [0.15, 0.2) is 5.13 Å². The number of nitrogens with zero attached hydrogens (tertiary/aromatic N) is 1. The summed E-state index contributed by atoms with van der Waals surface area (Å²) in [7, 11) is 0. The highest BCUT2D eigenvalue weighted by Gasteiger charge is 2.47. The van der Waals surface area contributed by atoms with Crippen LogP contribution in [0.4, 0.5) is 5.13 Å². The third-order valence-corrected chi connectivity index (χ3v) is 5.96. The summed E-state index contributed by atoms with van der Waals surface area (Å²) in [5, 5.41) is 3.59. The molecule has 0 aliphatic heterocycles. The van der Waals surface area contributed by atoms with Gasteiger partial charge in [0.05, 0.1) is 5.69 Å². The zero-order chi connectivity index (χ0) is 15.1. The number of amides is 1. The van der Waals surface area contributed by atoms with Gasteiger partial charge in [-0.2, -0.15) is 0 Å². The van der Waals surface area contributed by atoms with E-state index in [1.165, 1.54) is 23.9 Å². The monoisotopic (exact) mass is 294 g/mol. The first-order chi connectivity index (χ1) is 9.15. The Bertz CT molecular complexity index is 513. The van der Waals surface area contributed by atoms with Crippen molar-refractivity contribution in [1.29, 1.82) is 0 Å². The highest BCUT2D eigenvalue weighted by molar-refractivity contribution is 7.15. The molecule has 1 aliphatic carbocycles. The normalized spacial score (nSPS) is 22.8. The van der Waals surface area contributed by atoms with E-state index in [0.29, 0.717) is 11.3 Å². The quantitative estimate of drug-likeness (QED) is 0.884. The van der Waals surface area contributed by atoms with Crippen molar-refractivity contribution < 1.29 is 4.79 Å². The molecule has 1 N–H and O–H groups in total. The van der Waals surface area contributed by atoms with Crippen LogP contribution in [0.5, 0.6) is 0 Å². The second-order valence-electron chi connectivity index (χ2n) is 7.31. The molecule has 0 radical (unpaired) electrons. The number of aromatic nitrogens is 1. The van der Waals surface area contributed by atoms with Gasteiger partial charge in [-0.15, -0.1) is 11.3 Å². The van der Waals surface area contributed by atoms with Crippen LogP contribution in [-0.2, 0) is 17.6 Å². The molecule has 1 aromatic heterocycles. The number of anilines is 1. The van der Waals surface area contributed by atoms with E-state index in [9.17, 15) is 4.79 Å². The topological polar surface area (TPSA) is 42.0 Å². The second-order valence-corrected chi connectivity index (χ2v) is 8.39. The van der Waals surface area contributed by atoms with Gasteiger partial charge >= 0.3 is 0 Å². The fraction of sp³-hybridized carbons (Fsp3) is 0.750. The van der Waals surface area contributed by atoms with Gasteiger partial charge in [0.2, 0.25) is 5.91 Å². The molecule has 1 heterocycles. The van der Waals surface area contributed by atoms with Gasteiger partial charge in [-0.05, 0) is 36.0 Å². The number of thiazole rings is 1. The number of aryl methyl sites for hydroxylation is 1. The van der Waals surface area contributed by atoms with E-state index in [-0.39, 0.29) is 11.3 Å². The molecule has 1 unspecified atom stereocenters. The van der Waals surface area contributed by atoms with Crippen molar-refractivity contribution in [2.75, 3.05) is 5.32 Å². The number of hydrogen-bond donors (Lipinski definition) is 1. The summed E-state index contributed by atoms with van der Waals surface area (Å²) in [5.74, 6) is 0.601. The van der Waals surface area contributed by atoms with E-state index < -0.39 is 0 Å². The molecule has 1 amide bonds. The fourth-order valence-corrected chi connectivity index (χ4v) is 4.82. The number of carbonyl (C=O) groups is 1. The molecular formula is C16H26N2OS. The molecule has 3 nitrogen and oxygen atoms in total. The Morgan fingerprint density at radius 2 is 2.05 bits per heavy atom. The van der Waals surface area contributed by atoms with Gasteiger partial charge in [0.1, 0.15) is 0 Å². The third-order valence-electron chi connectivity index (χ3n) is 4.94. The average molecular weight is 294 g/mol. The van der Waals surface area contributed by atoms with E-state index in [2.05, 4.69) is 44.9 Å². The zero-order valence-corrected chi connectivity index (χ0v) is 14.3. The minimum absolute atomic E-state index is 0.0398. The zero-order valence-electron chi connectivity index (χ0n) is 13.5. The molecule has 0 spiro atoms. The summed E-state index contributed by atoms with van der Waals surface area (Å²) in [6.07, 6.45) is 3.30. The molecule has 0 saturated carbocycles. The van der Waals surface area contributed by atoms with Crippen LogP contribution in [0, 0.1) is 16.7 Å². The van der Waals surface area contributed by atoms with Gasteiger partial charge in [-0.25, -0.2) is 4.98 Å². The van der Waals surface area contributed by atoms with Crippen LogP contribution < -0.4 is 5.32 Å². The molecular weight excluding hydrogens is 268 g/mol. The maximum atomic E-state index is 11.2. The summed E-state index contributed by atoms with van der Waals surface area (Å²) in [5.41, 5.74) is 1.79. The highest BCUT2D eigenvalue weighted by Crippen LogP contribution is 2.54. The van der Waals surface area contributed by atoms with E-state index in [1.807, 2.05) is 0 Å². The first kappa shape index (κ1) is 15.5. The van der Waals surface area contributed by atoms with Crippen LogP contribution in [-0.4, -0.2) is 10.9 Å². The first-order valence-corrected chi connectivity index (χ1v) is 8.23. The molecule has 2 rings (SSSR count). The van der Waals surface area contributed by atoms with Crippen LogP contribution in [0.25, 0.3) is 0 Å². The van der Waals surface area contributed by atoms with Crippen molar-refractivity contribution in [3.63, 3.8) is 0 Å². The summed E-state index contributed by atoms with van der Waals surface area (Å²) in [4.78, 5) is 17.1. The van der Waals surface area contributed by atoms with Crippen LogP contribution >= 0.6 is 11.3 Å². The van der Waals surface area contributed by atoms with E-state index in [1.54, 1.807) is 11.3 Å². The Morgan fingerprint density at radius 1 is 1.40 bits per heavy atom. The van der Waals surface area contributed by atoms with Crippen molar-refractivity contribution in [2.24, 2.45) is 16.7 Å². The van der Waals surface area contributed by atoms with E-state index in [4.69, 9.17) is 0 Å². The Balaban J connectivity index is 2.33. The number of carbonyl (C=O) groups excluding carboxylic acids is 1. The minimum Gasteiger partial charge on any atom is -0.302 e. The predicted molar refractivity (Wildman–Crippen MR) is 85.2 cm³/mol. The lowest BCUT2D eigenvalue weighted by molar-refractivity contribution is -0.114. The Labute approximate surface area is 126 Å². The number of fused-ring (bicyclic) bond motifs is 1. The van der Waals surface area contributed by atoms with Gasteiger partial charge in [0.25, 0.3) is 0 Å². The maximum absolute atomic E-state index is 11.2. The van der Waals surface area contributed by atoms with Gasteiger partial charge < -0.3 is 5.32 Å². The predicted octanol–water partition coefficient (Wildman–Crippen LogP) is 4.28. The van der Waals surface area contributed by atoms with Gasteiger partial charge in [-0.3, -0.25) is 4.79 Å². The summed E-state index contributed by atoms with van der Waals surface area (Å²) in [6.45, 7) is 13.3. The number of hydrogen-bond acceptors (Lipinski definition) is 3. The lowest BCUT2D eigenvalue weighted by Gasteiger charge is -2.50. The van der Waals surface area contributed by atoms with Gasteiger partial charge in [0, 0.05) is 11.8 Å². The van der Waals surface area contributed by atoms with Crippen LogP contribution in [0.2, 0.25) is 0 Å². The molecule has 4 heteroatoms. The smallest absolute Gasteiger partial charge is 0.223 e. The molecule has 0 fully saturated rings. The Morgan fingerprint density at radius 3 is 2.55 bits per heavy atom. The Kier molecular flexibility index (Phi) is 3.98. The van der Waals surface area contributed by atoms with E-state index >= 15 is 0 Å². The number of rotatable bonds is 2. The minimum atomic E-state index is -0.0398. The van der Waals surface area contributed by atoms with Crippen molar-refractivity contribution in [3.05, 3.63) is 10.6 Å². The van der Waals surface area contributed by atoms with Crippen molar-refractivity contribution in [2.45, 2.75) is 60.8 Å². The molecule has 0 bridgehead atoms. The molecule has 1 aliphatic rings.